The van der Waals surface area contributed by atoms with Crippen LogP contribution in [0.2, 0.25) is 0 Å². The quantitative estimate of drug-likeness (QED) is 0.809. The second-order valence-electron chi connectivity index (χ2n) is 6.34. The minimum absolute atomic E-state index is 0.0171. The van der Waals surface area contributed by atoms with E-state index in [9.17, 15) is 18.8 Å². The number of amides is 4. The van der Waals surface area contributed by atoms with Gasteiger partial charge >= 0.3 is 6.03 Å². The van der Waals surface area contributed by atoms with Crippen LogP contribution in [-0.2, 0) is 11.2 Å². The van der Waals surface area contributed by atoms with E-state index in [1.165, 1.54) is 18.2 Å². The van der Waals surface area contributed by atoms with Gasteiger partial charge in [-0.05, 0) is 43.5 Å². The monoisotopic (exact) mass is 355 g/mol. The Morgan fingerprint density at radius 2 is 1.88 bits per heavy atom. The summed E-state index contributed by atoms with van der Waals surface area (Å²) in [6.07, 6.45) is 0.975. The number of nitrogens with one attached hydrogen (secondary N) is 2. The van der Waals surface area contributed by atoms with E-state index in [2.05, 4.69) is 10.7 Å². The molecule has 134 valence electrons. The molecule has 1 heterocycles. The first kappa shape index (κ1) is 17.6. The Bertz CT molecular complexity index is 856. The summed E-state index contributed by atoms with van der Waals surface area (Å²) >= 11 is 0. The molecule has 1 atom stereocenters. The van der Waals surface area contributed by atoms with E-state index in [0.29, 0.717) is 17.9 Å². The zero-order valence-corrected chi connectivity index (χ0v) is 14.2. The summed E-state index contributed by atoms with van der Waals surface area (Å²) in [5.74, 6) is -1.87. The summed E-state index contributed by atoms with van der Waals surface area (Å²) in [7, 11) is 0. The summed E-state index contributed by atoms with van der Waals surface area (Å²) < 4.78 is 13.2. The second kappa shape index (κ2) is 6.95. The van der Waals surface area contributed by atoms with Crippen LogP contribution in [0.5, 0.6) is 0 Å². The van der Waals surface area contributed by atoms with E-state index in [1.54, 1.807) is 6.92 Å². The maximum atomic E-state index is 13.2. The van der Waals surface area contributed by atoms with Gasteiger partial charge in [-0.2, -0.15) is 5.01 Å². The van der Waals surface area contributed by atoms with Crippen molar-refractivity contribution in [2.75, 3.05) is 0 Å². The number of hydrogen-bond donors (Lipinski definition) is 2. The van der Waals surface area contributed by atoms with E-state index in [0.717, 1.165) is 11.6 Å². The lowest BCUT2D eigenvalue weighted by Crippen LogP contribution is -2.49. The minimum Gasteiger partial charge on any atom is -0.322 e. The van der Waals surface area contributed by atoms with E-state index in [4.69, 9.17) is 0 Å². The van der Waals surface area contributed by atoms with Crippen molar-refractivity contribution in [3.8, 4) is 0 Å². The molecule has 0 saturated carbocycles. The van der Waals surface area contributed by atoms with Crippen molar-refractivity contribution in [2.24, 2.45) is 0 Å². The van der Waals surface area contributed by atoms with Crippen LogP contribution in [0.4, 0.5) is 9.18 Å². The second-order valence-corrected chi connectivity index (χ2v) is 6.34. The lowest BCUT2D eigenvalue weighted by molar-refractivity contribution is -0.132. The van der Waals surface area contributed by atoms with Crippen LogP contribution in [0.1, 0.15) is 29.3 Å². The highest BCUT2D eigenvalue weighted by molar-refractivity contribution is 6.09. The Morgan fingerprint density at radius 1 is 1.15 bits per heavy atom. The summed E-state index contributed by atoms with van der Waals surface area (Å²) in [6, 6.07) is 13.9. The number of imide groups is 1. The standard InChI is InChI=1S/C19H18FN3O3/c1-19(11-10-13-6-3-2-4-7-13)17(25)23(18(26)21-19)22-16(24)14-8-5-9-15(20)12-14/h2-9,12H,10-11H2,1H3,(H,21,26)(H,22,24). The van der Waals surface area contributed by atoms with Crippen molar-refractivity contribution >= 4 is 17.8 Å². The van der Waals surface area contributed by atoms with Crippen molar-refractivity contribution in [3.05, 3.63) is 71.5 Å². The Balaban J connectivity index is 1.69. The number of benzene rings is 2. The Morgan fingerprint density at radius 3 is 2.58 bits per heavy atom. The fourth-order valence-corrected chi connectivity index (χ4v) is 2.79. The highest BCUT2D eigenvalue weighted by Gasteiger charge is 2.48. The number of nitrogens with zero attached hydrogens (tertiary/aromatic N) is 1. The molecule has 1 unspecified atom stereocenters. The molecule has 7 heteroatoms. The van der Waals surface area contributed by atoms with Gasteiger partial charge in [0, 0.05) is 5.56 Å². The highest BCUT2D eigenvalue weighted by Crippen LogP contribution is 2.22. The van der Waals surface area contributed by atoms with Crippen molar-refractivity contribution in [2.45, 2.75) is 25.3 Å². The molecule has 0 aromatic heterocycles. The number of halogens is 1. The van der Waals surface area contributed by atoms with E-state index in [-0.39, 0.29) is 5.56 Å². The zero-order valence-electron chi connectivity index (χ0n) is 14.2. The lowest BCUT2D eigenvalue weighted by Gasteiger charge is -2.21. The fourth-order valence-electron chi connectivity index (χ4n) is 2.79. The van der Waals surface area contributed by atoms with Crippen LogP contribution in [0.15, 0.2) is 54.6 Å². The van der Waals surface area contributed by atoms with E-state index < -0.39 is 29.2 Å². The Hall–Kier alpha value is -3.22. The molecule has 4 amide bonds. The molecular formula is C19H18FN3O3. The van der Waals surface area contributed by atoms with Crippen molar-refractivity contribution < 1.29 is 18.8 Å². The molecule has 6 nitrogen and oxygen atoms in total. The van der Waals surface area contributed by atoms with E-state index >= 15 is 0 Å². The molecule has 1 fully saturated rings. The third-order valence-electron chi connectivity index (χ3n) is 4.32. The number of rotatable bonds is 5. The Kier molecular flexibility index (Phi) is 4.71. The van der Waals surface area contributed by atoms with E-state index in [1.807, 2.05) is 30.3 Å². The van der Waals surface area contributed by atoms with Crippen molar-refractivity contribution in [1.82, 2.24) is 15.8 Å². The average molecular weight is 355 g/mol. The predicted molar refractivity (Wildman–Crippen MR) is 92.4 cm³/mol. The molecule has 26 heavy (non-hydrogen) atoms. The third-order valence-corrected chi connectivity index (χ3v) is 4.32. The topological polar surface area (TPSA) is 78.5 Å². The highest BCUT2D eigenvalue weighted by atomic mass is 19.1. The SMILES string of the molecule is CC1(CCc2ccccc2)NC(=O)N(NC(=O)c2cccc(F)c2)C1=O. The number of carbonyl (C=O) groups is 3. The number of urea groups is 1. The largest absolute Gasteiger partial charge is 0.344 e. The number of carbonyl (C=O) groups excluding carboxylic acids is 3. The molecule has 1 aliphatic rings. The van der Waals surface area contributed by atoms with Gasteiger partial charge in [0.15, 0.2) is 0 Å². The van der Waals surface area contributed by atoms with Crippen molar-refractivity contribution in [3.63, 3.8) is 0 Å². The molecule has 2 aromatic carbocycles. The average Bonchev–Trinajstić information content (AvgIpc) is 2.84. The molecule has 1 saturated heterocycles. The van der Waals surface area contributed by atoms with Gasteiger partial charge in [-0.3, -0.25) is 15.0 Å². The van der Waals surface area contributed by atoms with Crippen LogP contribution >= 0.6 is 0 Å². The predicted octanol–water partition coefficient (Wildman–Crippen LogP) is 2.41. The first-order valence-electron chi connectivity index (χ1n) is 8.16. The van der Waals surface area contributed by atoms with Crippen LogP contribution in [0.25, 0.3) is 0 Å². The molecule has 2 aromatic rings. The first-order chi connectivity index (χ1) is 12.4. The Labute approximate surface area is 150 Å². The molecule has 3 rings (SSSR count). The van der Waals surface area contributed by atoms with Crippen LogP contribution in [0, 0.1) is 5.82 Å². The zero-order chi connectivity index (χ0) is 18.7. The van der Waals surface area contributed by atoms with Crippen molar-refractivity contribution in [1.29, 1.82) is 0 Å². The molecule has 0 bridgehead atoms. The molecule has 0 radical (unpaired) electrons. The maximum Gasteiger partial charge on any atom is 0.344 e. The van der Waals surface area contributed by atoms with Gasteiger partial charge in [0.05, 0.1) is 0 Å². The number of hydrogen-bond acceptors (Lipinski definition) is 3. The van der Waals surface area contributed by atoms with Crippen LogP contribution in [-0.4, -0.2) is 28.4 Å². The summed E-state index contributed by atoms with van der Waals surface area (Å²) in [6.45, 7) is 1.62. The summed E-state index contributed by atoms with van der Waals surface area (Å²) in [5.41, 5.74) is 2.18. The number of aryl methyl sites for hydroxylation is 1. The molecule has 1 aliphatic heterocycles. The van der Waals surface area contributed by atoms with Gasteiger partial charge in [0.2, 0.25) is 0 Å². The van der Waals surface area contributed by atoms with Gasteiger partial charge in [-0.1, -0.05) is 36.4 Å². The maximum absolute atomic E-state index is 13.2. The molecule has 0 spiro atoms. The van der Waals surface area contributed by atoms with Gasteiger partial charge in [-0.25, -0.2) is 9.18 Å². The third kappa shape index (κ3) is 3.56. The molecule has 0 aliphatic carbocycles. The van der Waals surface area contributed by atoms with Gasteiger partial charge < -0.3 is 5.32 Å². The van der Waals surface area contributed by atoms with Gasteiger partial charge in [0.1, 0.15) is 11.4 Å². The summed E-state index contributed by atoms with van der Waals surface area (Å²) in [4.78, 5) is 37.0. The normalized spacial score (nSPS) is 19.4. The molecular weight excluding hydrogens is 337 g/mol. The number of hydrazine groups is 1. The lowest BCUT2D eigenvalue weighted by atomic mass is 9.93. The molecule has 2 N–H and O–H groups in total. The first-order valence-corrected chi connectivity index (χ1v) is 8.16. The minimum atomic E-state index is -1.12. The van der Waals surface area contributed by atoms with Gasteiger partial charge in [0.25, 0.3) is 11.8 Å². The fraction of sp³-hybridized carbons (Fsp3) is 0.211. The van der Waals surface area contributed by atoms with Gasteiger partial charge in [-0.15, -0.1) is 0 Å². The van der Waals surface area contributed by atoms with Crippen LogP contribution in [0.3, 0.4) is 0 Å². The smallest absolute Gasteiger partial charge is 0.322 e. The van der Waals surface area contributed by atoms with Crippen LogP contribution < -0.4 is 10.7 Å². The summed E-state index contributed by atoms with van der Waals surface area (Å²) in [5, 5.41) is 3.27.